The van der Waals surface area contributed by atoms with Crippen molar-refractivity contribution in [1.29, 1.82) is 0 Å². The van der Waals surface area contributed by atoms with Crippen LogP contribution in [0.3, 0.4) is 0 Å². The average molecular weight is 540 g/mol. The molecule has 0 saturated carbocycles. The van der Waals surface area contributed by atoms with E-state index < -0.39 is 23.8 Å². The molecule has 33 heavy (non-hydrogen) atoms. The van der Waals surface area contributed by atoms with E-state index in [0.29, 0.717) is 26.6 Å². The summed E-state index contributed by atoms with van der Waals surface area (Å²) in [6, 6.07) is 9.01. The normalized spacial score (nSPS) is 11.8. The minimum atomic E-state index is -0.836. The van der Waals surface area contributed by atoms with Crippen LogP contribution in [0.15, 0.2) is 46.0 Å². The molecule has 0 heterocycles. The van der Waals surface area contributed by atoms with Crippen LogP contribution in [-0.4, -0.2) is 43.7 Å². The van der Waals surface area contributed by atoms with E-state index in [4.69, 9.17) is 26.8 Å². The Kier molecular flexibility index (Phi) is 9.68. The molecule has 0 spiro atoms. The predicted molar refractivity (Wildman–Crippen MR) is 129 cm³/mol. The van der Waals surface area contributed by atoms with Crippen molar-refractivity contribution in [2.45, 2.75) is 19.9 Å². The molecule has 0 aliphatic carbocycles. The van der Waals surface area contributed by atoms with Crippen LogP contribution in [-0.2, 0) is 9.59 Å². The van der Waals surface area contributed by atoms with Crippen molar-refractivity contribution in [3.63, 3.8) is 0 Å². The number of nitrogens with two attached hydrogens (primary N) is 1. The molecule has 0 aromatic heterocycles. The summed E-state index contributed by atoms with van der Waals surface area (Å²) in [6.45, 7) is 3.29. The SMILES string of the molecule is COc1cc(/C=N/NC(=O)C(NC(=O)c2ccccc2Cl)C(C)C)cc(Br)c1OCC(N)=O. The van der Waals surface area contributed by atoms with Crippen LogP contribution in [0.4, 0.5) is 0 Å². The quantitative estimate of drug-likeness (QED) is 0.315. The van der Waals surface area contributed by atoms with Gasteiger partial charge in [-0.2, -0.15) is 5.10 Å². The van der Waals surface area contributed by atoms with E-state index in [9.17, 15) is 14.4 Å². The molecule has 1 unspecified atom stereocenters. The molecule has 0 aliphatic heterocycles. The van der Waals surface area contributed by atoms with Gasteiger partial charge >= 0.3 is 0 Å². The molecule has 3 amide bonds. The number of amides is 3. The smallest absolute Gasteiger partial charge is 0.262 e. The van der Waals surface area contributed by atoms with Crippen molar-refractivity contribution in [2.24, 2.45) is 16.8 Å². The fourth-order valence-electron chi connectivity index (χ4n) is 2.74. The summed E-state index contributed by atoms with van der Waals surface area (Å²) in [5, 5.41) is 6.95. The number of hydrogen-bond donors (Lipinski definition) is 3. The van der Waals surface area contributed by atoms with Crippen molar-refractivity contribution in [2.75, 3.05) is 13.7 Å². The summed E-state index contributed by atoms with van der Waals surface area (Å²) in [5.41, 5.74) is 8.39. The van der Waals surface area contributed by atoms with Crippen molar-refractivity contribution in [3.05, 3.63) is 57.0 Å². The Morgan fingerprint density at radius 1 is 1.24 bits per heavy atom. The van der Waals surface area contributed by atoms with Crippen LogP contribution < -0.4 is 25.9 Å². The van der Waals surface area contributed by atoms with E-state index in [1.54, 1.807) is 50.2 Å². The van der Waals surface area contributed by atoms with Gasteiger partial charge in [0.15, 0.2) is 18.1 Å². The number of hydrazone groups is 1. The lowest BCUT2D eigenvalue weighted by Gasteiger charge is -2.20. The molecule has 2 aromatic carbocycles. The molecule has 11 heteroatoms. The van der Waals surface area contributed by atoms with Gasteiger partial charge in [0.1, 0.15) is 6.04 Å². The maximum Gasteiger partial charge on any atom is 0.262 e. The second-order valence-electron chi connectivity index (χ2n) is 7.20. The number of methoxy groups -OCH3 is 1. The van der Waals surface area contributed by atoms with E-state index in [0.717, 1.165) is 0 Å². The summed E-state index contributed by atoms with van der Waals surface area (Å²) >= 11 is 9.41. The maximum absolute atomic E-state index is 12.6. The number of ether oxygens (including phenoxy) is 2. The Morgan fingerprint density at radius 2 is 1.94 bits per heavy atom. The molecule has 0 bridgehead atoms. The van der Waals surface area contributed by atoms with Gasteiger partial charge in [-0.15, -0.1) is 0 Å². The number of rotatable bonds is 10. The summed E-state index contributed by atoms with van der Waals surface area (Å²) in [6.07, 6.45) is 1.40. The average Bonchev–Trinajstić information content (AvgIpc) is 2.76. The first-order valence-electron chi connectivity index (χ1n) is 9.81. The molecule has 2 rings (SSSR count). The minimum absolute atomic E-state index is 0.206. The second-order valence-corrected chi connectivity index (χ2v) is 8.46. The van der Waals surface area contributed by atoms with Gasteiger partial charge in [0.2, 0.25) is 0 Å². The standard InChI is InChI=1S/C22H24BrClN4O5/c1-12(2)19(27-21(30)14-6-4-5-7-16(14)24)22(31)28-26-10-13-8-15(23)20(17(9-13)32-3)33-11-18(25)29/h4-10,12,19H,11H2,1-3H3,(H2,25,29)(H,27,30)(H,28,31)/b26-10+. The number of carbonyl (C=O) groups is 3. The lowest BCUT2D eigenvalue weighted by Crippen LogP contribution is -2.48. The summed E-state index contributed by atoms with van der Waals surface area (Å²) in [4.78, 5) is 36.2. The fourth-order valence-corrected chi connectivity index (χ4v) is 3.53. The van der Waals surface area contributed by atoms with E-state index in [1.807, 2.05) is 0 Å². The summed E-state index contributed by atoms with van der Waals surface area (Å²) < 4.78 is 11.1. The van der Waals surface area contributed by atoms with Gasteiger partial charge in [0.25, 0.3) is 17.7 Å². The Labute approximate surface area is 204 Å². The van der Waals surface area contributed by atoms with Gasteiger partial charge < -0.3 is 20.5 Å². The van der Waals surface area contributed by atoms with Crippen molar-refractivity contribution >= 4 is 51.5 Å². The first kappa shape index (κ1) is 26.1. The minimum Gasteiger partial charge on any atom is -0.493 e. The van der Waals surface area contributed by atoms with Gasteiger partial charge in [-0.3, -0.25) is 14.4 Å². The molecule has 4 N–H and O–H groups in total. The number of carbonyl (C=O) groups excluding carboxylic acids is 3. The third-order valence-corrected chi connectivity index (χ3v) is 5.27. The zero-order chi connectivity index (χ0) is 24.5. The third kappa shape index (κ3) is 7.47. The van der Waals surface area contributed by atoms with Gasteiger partial charge in [-0.1, -0.05) is 37.6 Å². The first-order chi connectivity index (χ1) is 15.6. The molecule has 0 fully saturated rings. The van der Waals surface area contributed by atoms with Gasteiger partial charge in [-0.25, -0.2) is 5.43 Å². The van der Waals surface area contributed by atoms with Gasteiger partial charge in [-0.05, 0) is 51.7 Å². The lowest BCUT2D eigenvalue weighted by atomic mass is 10.0. The van der Waals surface area contributed by atoms with Gasteiger partial charge in [0.05, 0.1) is 28.4 Å². The zero-order valence-electron chi connectivity index (χ0n) is 18.2. The Morgan fingerprint density at radius 3 is 2.55 bits per heavy atom. The molecule has 0 radical (unpaired) electrons. The highest BCUT2D eigenvalue weighted by Crippen LogP contribution is 2.36. The molecule has 1 atom stereocenters. The van der Waals surface area contributed by atoms with Crippen LogP contribution in [0, 0.1) is 5.92 Å². The van der Waals surface area contributed by atoms with E-state index >= 15 is 0 Å². The molecule has 2 aromatic rings. The number of hydrogen-bond acceptors (Lipinski definition) is 6. The Hall–Kier alpha value is -3.11. The van der Waals surface area contributed by atoms with Crippen LogP contribution >= 0.6 is 27.5 Å². The zero-order valence-corrected chi connectivity index (χ0v) is 20.6. The largest absolute Gasteiger partial charge is 0.493 e. The molecular formula is C22H24BrClN4O5. The number of halogens is 2. The predicted octanol–water partition coefficient (Wildman–Crippen LogP) is 2.88. The third-order valence-electron chi connectivity index (χ3n) is 4.35. The van der Waals surface area contributed by atoms with E-state index in [2.05, 4.69) is 31.8 Å². The molecule has 9 nitrogen and oxygen atoms in total. The Balaban J connectivity index is 2.10. The summed E-state index contributed by atoms with van der Waals surface area (Å²) in [7, 11) is 1.44. The monoisotopic (exact) mass is 538 g/mol. The highest BCUT2D eigenvalue weighted by molar-refractivity contribution is 9.10. The van der Waals surface area contributed by atoms with E-state index in [1.165, 1.54) is 13.3 Å². The number of primary amides is 1. The maximum atomic E-state index is 12.6. The first-order valence-corrected chi connectivity index (χ1v) is 11.0. The fraction of sp³-hybridized carbons (Fsp3) is 0.273. The van der Waals surface area contributed by atoms with Gasteiger partial charge in [0, 0.05) is 0 Å². The number of benzene rings is 2. The van der Waals surface area contributed by atoms with Crippen molar-refractivity contribution < 1.29 is 23.9 Å². The highest BCUT2D eigenvalue weighted by atomic mass is 79.9. The molecule has 0 aliphatic rings. The number of nitrogens with one attached hydrogen (secondary N) is 2. The molecule has 176 valence electrons. The second kappa shape index (κ2) is 12.2. The Bertz CT molecular complexity index is 1060. The van der Waals surface area contributed by atoms with Crippen molar-refractivity contribution in [1.82, 2.24) is 10.7 Å². The lowest BCUT2D eigenvalue weighted by molar-refractivity contribution is -0.124. The summed E-state index contributed by atoms with van der Waals surface area (Å²) in [5.74, 6) is -1.14. The van der Waals surface area contributed by atoms with Crippen molar-refractivity contribution in [3.8, 4) is 11.5 Å². The van der Waals surface area contributed by atoms with E-state index in [-0.39, 0.29) is 18.1 Å². The van der Waals surface area contributed by atoms with Crippen LogP contribution in [0.2, 0.25) is 5.02 Å². The van der Waals surface area contributed by atoms with Crippen LogP contribution in [0.5, 0.6) is 11.5 Å². The van der Waals surface area contributed by atoms with Crippen LogP contribution in [0.1, 0.15) is 29.8 Å². The molecular weight excluding hydrogens is 516 g/mol. The highest BCUT2D eigenvalue weighted by Gasteiger charge is 2.25. The molecule has 0 saturated heterocycles. The van der Waals surface area contributed by atoms with Crippen LogP contribution in [0.25, 0.3) is 0 Å². The number of nitrogens with zero attached hydrogens (tertiary/aromatic N) is 1. The topological polar surface area (TPSA) is 132 Å².